The number of rotatable bonds is 3. The van der Waals surface area contributed by atoms with E-state index in [2.05, 4.69) is 25.8 Å². The Balaban J connectivity index is 2.24. The van der Waals surface area contributed by atoms with Crippen LogP contribution in [-0.2, 0) is 11.3 Å². The molecule has 0 bridgehead atoms. The van der Waals surface area contributed by atoms with E-state index in [-0.39, 0.29) is 5.97 Å². The standard InChI is InChI=1S/C13H12BrClN2O2/c1-8-12(15)7-17(16-8)6-10-4-3-9(5-11(10)14)13(18)19-2/h3-5,7H,6H2,1-2H3. The molecule has 0 amide bonds. The van der Waals surface area contributed by atoms with Crippen molar-refractivity contribution in [3.63, 3.8) is 0 Å². The van der Waals surface area contributed by atoms with Gasteiger partial charge in [0, 0.05) is 10.7 Å². The van der Waals surface area contributed by atoms with Crippen LogP contribution in [-0.4, -0.2) is 22.9 Å². The molecule has 0 atom stereocenters. The molecule has 0 N–H and O–H groups in total. The number of carbonyl (C=O) groups is 1. The van der Waals surface area contributed by atoms with Crippen molar-refractivity contribution in [2.24, 2.45) is 0 Å². The first kappa shape index (κ1) is 14.1. The van der Waals surface area contributed by atoms with Crippen molar-refractivity contribution in [3.8, 4) is 0 Å². The SMILES string of the molecule is COC(=O)c1ccc(Cn2cc(Cl)c(C)n2)c(Br)c1. The van der Waals surface area contributed by atoms with Gasteiger partial charge in [-0.25, -0.2) is 4.79 Å². The van der Waals surface area contributed by atoms with Gasteiger partial charge in [0.15, 0.2) is 0 Å². The molecular formula is C13H12BrClN2O2. The molecule has 0 saturated heterocycles. The summed E-state index contributed by atoms with van der Waals surface area (Å²) in [5.74, 6) is -0.356. The molecule has 0 unspecified atom stereocenters. The number of methoxy groups -OCH3 is 1. The van der Waals surface area contributed by atoms with Crippen LogP contribution in [0.3, 0.4) is 0 Å². The fourth-order valence-corrected chi connectivity index (χ4v) is 2.32. The van der Waals surface area contributed by atoms with Gasteiger partial charge < -0.3 is 4.74 Å². The van der Waals surface area contributed by atoms with Crippen LogP contribution in [0.25, 0.3) is 0 Å². The third-order valence-electron chi connectivity index (χ3n) is 2.69. The van der Waals surface area contributed by atoms with Crippen molar-refractivity contribution in [1.29, 1.82) is 0 Å². The van der Waals surface area contributed by atoms with Gasteiger partial charge in [0.05, 0.1) is 29.9 Å². The summed E-state index contributed by atoms with van der Waals surface area (Å²) < 4.78 is 7.27. The molecule has 0 saturated carbocycles. The predicted octanol–water partition coefficient (Wildman–Crippen LogP) is 3.44. The zero-order valence-electron chi connectivity index (χ0n) is 10.5. The summed E-state index contributed by atoms with van der Waals surface area (Å²) in [6.07, 6.45) is 1.78. The molecule has 0 aliphatic rings. The van der Waals surface area contributed by atoms with Crippen LogP contribution in [0.5, 0.6) is 0 Å². The van der Waals surface area contributed by atoms with Gasteiger partial charge in [-0.2, -0.15) is 5.10 Å². The third kappa shape index (κ3) is 3.16. The molecule has 1 aromatic heterocycles. The zero-order valence-corrected chi connectivity index (χ0v) is 12.8. The van der Waals surface area contributed by atoms with E-state index in [4.69, 9.17) is 11.6 Å². The zero-order chi connectivity index (χ0) is 14.0. The smallest absolute Gasteiger partial charge is 0.337 e. The number of hydrogen-bond donors (Lipinski definition) is 0. The number of nitrogens with zero attached hydrogens (tertiary/aromatic N) is 2. The van der Waals surface area contributed by atoms with Gasteiger partial charge in [-0.1, -0.05) is 33.6 Å². The third-order valence-corrected chi connectivity index (χ3v) is 3.80. The largest absolute Gasteiger partial charge is 0.465 e. The van der Waals surface area contributed by atoms with E-state index in [0.29, 0.717) is 17.1 Å². The Labute approximate surface area is 124 Å². The highest BCUT2D eigenvalue weighted by molar-refractivity contribution is 9.10. The Bertz CT molecular complexity index is 606. The molecule has 2 rings (SSSR count). The highest BCUT2D eigenvalue weighted by Gasteiger charge is 2.10. The number of ether oxygens (including phenoxy) is 1. The maximum atomic E-state index is 11.4. The minimum atomic E-state index is -0.356. The van der Waals surface area contributed by atoms with Crippen LogP contribution in [0, 0.1) is 6.92 Å². The lowest BCUT2D eigenvalue weighted by atomic mass is 10.1. The highest BCUT2D eigenvalue weighted by atomic mass is 79.9. The van der Waals surface area contributed by atoms with E-state index in [0.717, 1.165) is 15.7 Å². The van der Waals surface area contributed by atoms with E-state index in [9.17, 15) is 4.79 Å². The second-order valence-corrected chi connectivity index (χ2v) is 5.32. The number of carbonyl (C=O) groups excluding carboxylic acids is 1. The van der Waals surface area contributed by atoms with E-state index in [1.54, 1.807) is 23.0 Å². The fraction of sp³-hybridized carbons (Fsp3) is 0.231. The lowest BCUT2D eigenvalue weighted by molar-refractivity contribution is 0.0600. The summed E-state index contributed by atoms with van der Waals surface area (Å²) in [5.41, 5.74) is 2.31. The second-order valence-electron chi connectivity index (χ2n) is 4.06. The summed E-state index contributed by atoms with van der Waals surface area (Å²) in [4.78, 5) is 11.4. The van der Waals surface area contributed by atoms with Crippen molar-refractivity contribution in [2.45, 2.75) is 13.5 Å². The molecule has 1 heterocycles. The minimum Gasteiger partial charge on any atom is -0.465 e. The first-order chi connectivity index (χ1) is 9.01. The van der Waals surface area contributed by atoms with E-state index in [1.165, 1.54) is 7.11 Å². The summed E-state index contributed by atoms with van der Waals surface area (Å²) in [6.45, 7) is 2.43. The molecule has 100 valence electrons. The van der Waals surface area contributed by atoms with Crippen molar-refractivity contribution >= 4 is 33.5 Å². The van der Waals surface area contributed by atoms with Crippen molar-refractivity contribution in [1.82, 2.24) is 9.78 Å². The number of hydrogen-bond acceptors (Lipinski definition) is 3. The second kappa shape index (κ2) is 5.75. The average molecular weight is 344 g/mol. The number of esters is 1. The summed E-state index contributed by atoms with van der Waals surface area (Å²) >= 11 is 9.41. The topological polar surface area (TPSA) is 44.1 Å². The van der Waals surface area contributed by atoms with Crippen molar-refractivity contribution in [3.05, 3.63) is 50.7 Å². The molecule has 4 nitrogen and oxygen atoms in total. The van der Waals surface area contributed by atoms with Crippen molar-refractivity contribution < 1.29 is 9.53 Å². The molecule has 6 heteroatoms. The molecule has 0 fully saturated rings. The first-order valence-corrected chi connectivity index (χ1v) is 6.74. The van der Waals surface area contributed by atoms with E-state index < -0.39 is 0 Å². The fourth-order valence-electron chi connectivity index (χ4n) is 1.67. The number of halogens is 2. The van der Waals surface area contributed by atoms with Crippen LogP contribution in [0.15, 0.2) is 28.9 Å². The maximum Gasteiger partial charge on any atom is 0.337 e. The lowest BCUT2D eigenvalue weighted by Gasteiger charge is -2.07. The first-order valence-electron chi connectivity index (χ1n) is 5.57. The normalized spacial score (nSPS) is 10.5. The Hall–Kier alpha value is -1.33. The molecule has 0 aliphatic carbocycles. The van der Waals surface area contributed by atoms with Gasteiger partial charge in [0.25, 0.3) is 0 Å². The molecule has 19 heavy (non-hydrogen) atoms. The minimum absolute atomic E-state index is 0.356. The van der Waals surface area contributed by atoms with Gasteiger partial charge in [-0.3, -0.25) is 4.68 Å². The van der Waals surface area contributed by atoms with Gasteiger partial charge in [0.1, 0.15) is 0 Å². The van der Waals surface area contributed by atoms with Crippen LogP contribution in [0.1, 0.15) is 21.6 Å². The predicted molar refractivity (Wildman–Crippen MR) is 76.6 cm³/mol. The Morgan fingerprint density at radius 3 is 2.79 bits per heavy atom. The van der Waals surface area contributed by atoms with Crippen LogP contribution in [0.2, 0.25) is 5.02 Å². The van der Waals surface area contributed by atoms with Gasteiger partial charge in [-0.05, 0) is 24.6 Å². The molecule has 2 aromatic rings. The summed E-state index contributed by atoms with van der Waals surface area (Å²) in [7, 11) is 1.36. The lowest BCUT2D eigenvalue weighted by Crippen LogP contribution is -2.04. The maximum absolute atomic E-state index is 11.4. The molecule has 1 aromatic carbocycles. The molecule has 0 spiro atoms. The number of benzene rings is 1. The van der Waals surface area contributed by atoms with Crippen LogP contribution in [0.4, 0.5) is 0 Å². The Kier molecular flexibility index (Phi) is 4.27. The van der Waals surface area contributed by atoms with Gasteiger partial charge >= 0.3 is 5.97 Å². The quantitative estimate of drug-likeness (QED) is 0.802. The van der Waals surface area contributed by atoms with Gasteiger partial charge in [0.2, 0.25) is 0 Å². The van der Waals surface area contributed by atoms with E-state index >= 15 is 0 Å². The van der Waals surface area contributed by atoms with Crippen LogP contribution < -0.4 is 0 Å². The molecule has 0 radical (unpaired) electrons. The highest BCUT2D eigenvalue weighted by Crippen LogP contribution is 2.21. The molecule has 0 aliphatic heterocycles. The Morgan fingerprint density at radius 1 is 1.53 bits per heavy atom. The Morgan fingerprint density at radius 2 is 2.26 bits per heavy atom. The summed E-state index contributed by atoms with van der Waals surface area (Å²) in [6, 6.07) is 5.32. The number of aromatic nitrogens is 2. The van der Waals surface area contributed by atoms with Crippen molar-refractivity contribution in [2.75, 3.05) is 7.11 Å². The van der Waals surface area contributed by atoms with Crippen LogP contribution >= 0.6 is 27.5 Å². The molecular weight excluding hydrogens is 332 g/mol. The van der Waals surface area contributed by atoms with Gasteiger partial charge in [-0.15, -0.1) is 0 Å². The van der Waals surface area contributed by atoms with E-state index in [1.807, 2.05) is 13.0 Å². The monoisotopic (exact) mass is 342 g/mol. The average Bonchev–Trinajstić information content (AvgIpc) is 2.70. The number of aryl methyl sites for hydroxylation is 1. The summed E-state index contributed by atoms with van der Waals surface area (Å²) in [5, 5.41) is 4.93.